The SMILES string of the molecule is CCCCN(C)C(=S)S.[Ca+2].[H-].[H-]. The van der Waals surface area contributed by atoms with Gasteiger partial charge in [0.15, 0.2) is 0 Å². The number of hydrogen-bond donors (Lipinski definition) is 1. The summed E-state index contributed by atoms with van der Waals surface area (Å²) in [5, 5.41) is 0. The number of thiocarbonyl (C=S) groups is 1. The van der Waals surface area contributed by atoms with Gasteiger partial charge in [-0.25, -0.2) is 0 Å². The minimum absolute atomic E-state index is 0. The van der Waals surface area contributed by atoms with Crippen LogP contribution in [-0.4, -0.2) is 60.6 Å². The molecular formula is C6H15CaNS2. The number of nitrogens with zero attached hydrogens (tertiary/aromatic N) is 1. The largest absolute Gasteiger partial charge is 2.00 e. The molecule has 0 aliphatic rings. The third-order valence-electron chi connectivity index (χ3n) is 1.17. The van der Waals surface area contributed by atoms with Crippen molar-refractivity contribution in [3.8, 4) is 0 Å². The maximum absolute atomic E-state index is 4.82. The summed E-state index contributed by atoms with van der Waals surface area (Å²) in [6, 6.07) is 0. The predicted molar refractivity (Wildman–Crippen MR) is 57.1 cm³/mol. The van der Waals surface area contributed by atoms with Gasteiger partial charge in [-0.05, 0) is 6.42 Å². The summed E-state index contributed by atoms with van der Waals surface area (Å²) >= 11 is 8.84. The van der Waals surface area contributed by atoms with E-state index in [2.05, 4.69) is 19.6 Å². The van der Waals surface area contributed by atoms with E-state index in [1.807, 2.05) is 11.9 Å². The number of unbranched alkanes of at least 4 members (excludes halogenated alkanes) is 1. The van der Waals surface area contributed by atoms with E-state index in [0.29, 0.717) is 4.32 Å². The van der Waals surface area contributed by atoms with Gasteiger partial charge in [-0.1, -0.05) is 25.6 Å². The van der Waals surface area contributed by atoms with E-state index < -0.39 is 0 Å². The van der Waals surface area contributed by atoms with Crippen molar-refractivity contribution in [3.05, 3.63) is 0 Å². The van der Waals surface area contributed by atoms with Crippen LogP contribution in [-0.2, 0) is 0 Å². The van der Waals surface area contributed by atoms with Crippen LogP contribution in [0.25, 0.3) is 0 Å². The van der Waals surface area contributed by atoms with E-state index in [9.17, 15) is 0 Å². The molecule has 0 unspecified atom stereocenters. The Morgan fingerprint density at radius 2 is 2.20 bits per heavy atom. The molecular weight excluding hydrogens is 190 g/mol. The van der Waals surface area contributed by atoms with Crippen molar-refractivity contribution < 1.29 is 2.85 Å². The minimum atomic E-state index is 0. The summed E-state index contributed by atoms with van der Waals surface area (Å²) in [7, 11) is 1.96. The van der Waals surface area contributed by atoms with Gasteiger partial charge in [-0.3, -0.25) is 0 Å². The summed E-state index contributed by atoms with van der Waals surface area (Å²) in [6.45, 7) is 3.19. The zero-order valence-corrected chi connectivity index (χ0v) is 10.6. The molecule has 0 aromatic carbocycles. The van der Waals surface area contributed by atoms with E-state index in [1.54, 1.807) is 0 Å². The Morgan fingerprint density at radius 3 is 2.50 bits per heavy atom. The van der Waals surface area contributed by atoms with E-state index >= 15 is 0 Å². The van der Waals surface area contributed by atoms with Gasteiger partial charge < -0.3 is 7.75 Å². The van der Waals surface area contributed by atoms with Crippen molar-refractivity contribution in [3.63, 3.8) is 0 Å². The Bertz CT molecular complexity index is 106. The summed E-state index contributed by atoms with van der Waals surface area (Å²) in [6.07, 6.45) is 2.40. The predicted octanol–water partition coefficient (Wildman–Crippen LogP) is 1.78. The van der Waals surface area contributed by atoms with Gasteiger partial charge in [0.2, 0.25) is 0 Å². The first-order chi connectivity index (χ1) is 4.18. The smallest absolute Gasteiger partial charge is 1.00 e. The Labute approximate surface area is 107 Å². The Kier molecular flexibility index (Phi) is 12.1. The molecule has 0 saturated carbocycles. The molecule has 0 spiro atoms. The fraction of sp³-hybridized carbons (Fsp3) is 0.833. The molecule has 1 nitrogen and oxygen atoms in total. The van der Waals surface area contributed by atoms with Crippen LogP contribution >= 0.6 is 24.8 Å². The van der Waals surface area contributed by atoms with Gasteiger partial charge in [0.1, 0.15) is 4.32 Å². The molecule has 0 saturated heterocycles. The fourth-order valence-electron chi connectivity index (χ4n) is 0.491. The molecule has 0 amide bonds. The van der Waals surface area contributed by atoms with Crippen LogP contribution in [0.5, 0.6) is 0 Å². The van der Waals surface area contributed by atoms with Gasteiger partial charge in [-0.2, -0.15) is 0 Å². The third kappa shape index (κ3) is 7.61. The van der Waals surface area contributed by atoms with Crippen LogP contribution in [0.4, 0.5) is 0 Å². The second-order valence-corrected chi connectivity index (χ2v) is 3.17. The van der Waals surface area contributed by atoms with E-state index in [1.165, 1.54) is 12.8 Å². The van der Waals surface area contributed by atoms with E-state index in [-0.39, 0.29) is 40.6 Å². The average molecular weight is 205 g/mol. The molecule has 0 rings (SSSR count). The van der Waals surface area contributed by atoms with Gasteiger partial charge in [0.05, 0.1) is 0 Å². The zero-order chi connectivity index (χ0) is 7.28. The van der Waals surface area contributed by atoms with Crippen molar-refractivity contribution in [2.24, 2.45) is 0 Å². The maximum Gasteiger partial charge on any atom is 2.00 e. The Balaban J connectivity index is -0.000000107. The maximum atomic E-state index is 4.82. The molecule has 0 aliphatic heterocycles. The Morgan fingerprint density at radius 1 is 1.70 bits per heavy atom. The number of thiol groups is 1. The molecule has 0 bridgehead atoms. The van der Waals surface area contributed by atoms with Crippen molar-refractivity contribution in [1.29, 1.82) is 0 Å². The third-order valence-corrected chi connectivity index (χ3v) is 1.83. The van der Waals surface area contributed by atoms with Crippen molar-refractivity contribution >= 4 is 66.9 Å². The average Bonchev–Trinajstić information content (AvgIpc) is 1.82. The van der Waals surface area contributed by atoms with Crippen LogP contribution in [0, 0.1) is 0 Å². The molecule has 0 N–H and O–H groups in total. The number of rotatable bonds is 3. The summed E-state index contributed by atoms with van der Waals surface area (Å²) in [5.74, 6) is 0. The molecule has 0 aromatic heterocycles. The van der Waals surface area contributed by atoms with Crippen LogP contribution in [0.3, 0.4) is 0 Å². The first kappa shape index (κ1) is 14.0. The number of hydrogen-bond acceptors (Lipinski definition) is 1. The van der Waals surface area contributed by atoms with Crippen LogP contribution in [0.2, 0.25) is 0 Å². The summed E-state index contributed by atoms with van der Waals surface area (Å²) in [4.78, 5) is 1.97. The molecule has 4 heteroatoms. The van der Waals surface area contributed by atoms with E-state index in [0.717, 1.165) is 6.54 Å². The van der Waals surface area contributed by atoms with E-state index in [4.69, 9.17) is 12.2 Å². The monoisotopic (exact) mass is 205 g/mol. The van der Waals surface area contributed by atoms with Gasteiger partial charge in [0.25, 0.3) is 0 Å². The van der Waals surface area contributed by atoms with Crippen molar-refractivity contribution in [2.75, 3.05) is 13.6 Å². The normalized spacial score (nSPS) is 8.30. The second kappa shape index (κ2) is 8.59. The van der Waals surface area contributed by atoms with Gasteiger partial charge >= 0.3 is 37.7 Å². The molecule has 0 fully saturated rings. The molecule has 0 atom stereocenters. The molecule has 0 heterocycles. The molecule has 0 radical (unpaired) electrons. The fourth-order valence-corrected chi connectivity index (χ4v) is 0.682. The summed E-state index contributed by atoms with van der Waals surface area (Å²) in [5.41, 5.74) is 0. The van der Waals surface area contributed by atoms with Crippen LogP contribution < -0.4 is 0 Å². The van der Waals surface area contributed by atoms with Crippen molar-refractivity contribution in [2.45, 2.75) is 19.8 Å². The summed E-state index contributed by atoms with van der Waals surface area (Å²) < 4.78 is 0.684. The molecule has 0 aliphatic carbocycles. The standard InChI is InChI=1S/C6H13NS2.Ca.2H/c1-3-4-5-7(2)6(8)9;;;/h3-5H2,1-2H3,(H,8,9);;;/q;+2;2*-1. The van der Waals surface area contributed by atoms with Gasteiger partial charge in [0, 0.05) is 13.6 Å². The quantitative estimate of drug-likeness (QED) is 0.425. The molecule has 0 aromatic rings. The first-order valence-corrected chi connectivity index (χ1v) is 3.98. The van der Waals surface area contributed by atoms with Crippen LogP contribution in [0.15, 0.2) is 0 Å². The first-order valence-electron chi connectivity index (χ1n) is 3.12. The second-order valence-electron chi connectivity index (χ2n) is 2.06. The van der Waals surface area contributed by atoms with Crippen LogP contribution in [0.1, 0.15) is 22.6 Å². The van der Waals surface area contributed by atoms with Gasteiger partial charge in [-0.15, -0.1) is 12.6 Å². The zero-order valence-electron chi connectivity index (χ0n) is 8.63. The Hall–Kier alpha value is 1.50. The minimum Gasteiger partial charge on any atom is -1.00 e. The topological polar surface area (TPSA) is 3.24 Å². The molecule has 58 valence electrons. The van der Waals surface area contributed by atoms with Crippen molar-refractivity contribution in [1.82, 2.24) is 4.90 Å². The molecule has 10 heavy (non-hydrogen) atoms.